The highest BCUT2D eigenvalue weighted by Crippen LogP contribution is 2.12. The average Bonchev–Trinajstić information content (AvgIpc) is 2.48. The van der Waals surface area contributed by atoms with Gasteiger partial charge in [0.25, 0.3) is 0 Å². The largest absolute Gasteiger partial charge is 0.303 e. The van der Waals surface area contributed by atoms with Gasteiger partial charge in [-0.1, -0.05) is 91.4 Å². The minimum atomic E-state index is 0. The van der Waals surface area contributed by atoms with Crippen LogP contribution >= 0.6 is 0 Å². The highest BCUT2D eigenvalue weighted by Gasteiger charge is 2.01. The molecule has 0 amide bonds. The summed E-state index contributed by atoms with van der Waals surface area (Å²) in [4.78, 5) is 2.65. The highest BCUT2D eigenvalue weighted by atomic mass is 15.1. The van der Waals surface area contributed by atoms with Gasteiger partial charge in [0.05, 0.1) is 0 Å². The predicted octanol–water partition coefficient (Wildman–Crippen LogP) is 7.06. The summed E-state index contributed by atoms with van der Waals surface area (Å²) in [5.74, 6) is 0. The van der Waals surface area contributed by atoms with Gasteiger partial charge in [0.2, 0.25) is 0 Å². The predicted molar refractivity (Wildman–Crippen MR) is 100 cm³/mol. The second-order valence-electron chi connectivity index (χ2n) is 6.73. The van der Waals surface area contributed by atoms with Crippen LogP contribution in [0.3, 0.4) is 0 Å². The summed E-state index contributed by atoms with van der Waals surface area (Å²) in [6.45, 7) is 10.8. The van der Waals surface area contributed by atoms with Crippen molar-refractivity contribution >= 4 is 0 Å². The summed E-state index contributed by atoms with van der Waals surface area (Å²) < 4.78 is 0. The van der Waals surface area contributed by atoms with Crippen LogP contribution in [0.5, 0.6) is 0 Å². The maximum atomic E-state index is 2.65. The monoisotopic (exact) mass is 299 g/mol. The molecule has 0 N–H and O–H groups in total. The normalized spacial score (nSPS) is 11.4. The molecule has 0 aromatic rings. The maximum Gasteiger partial charge on any atom is 0 e. The van der Waals surface area contributed by atoms with Crippen LogP contribution in [0.1, 0.15) is 112 Å². The fraction of sp³-hybridized carbons (Fsp3) is 1.00. The van der Waals surface area contributed by atoms with E-state index in [1.165, 1.54) is 110 Å². The van der Waals surface area contributed by atoms with Gasteiger partial charge >= 0.3 is 0 Å². The topological polar surface area (TPSA) is 3.24 Å². The van der Waals surface area contributed by atoms with Crippen LogP contribution in [0, 0.1) is 0 Å². The summed E-state index contributed by atoms with van der Waals surface area (Å²) in [5.41, 5.74) is 0. The molecule has 1 heteroatoms. The van der Waals surface area contributed by atoms with Gasteiger partial charge in [0, 0.05) is 1.43 Å². The SMILES string of the molecule is CCCCCCCCCCCCCCN(CCC)CCC.[HH]. The second kappa shape index (κ2) is 18.0. The molecule has 0 aromatic carbocycles. The summed E-state index contributed by atoms with van der Waals surface area (Å²) >= 11 is 0. The van der Waals surface area contributed by atoms with E-state index in [-0.39, 0.29) is 1.43 Å². The van der Waals surface area contributed by atoms with Gasteiger partial charge in [-0.3, -0.25) is 0 Å². The molecule has 0 aliphatic carbocycles. The van der Waals surface area contributed by atoms with Crippen molar-refractivity contribution in [3.63, 3.8) is 0 Å². The molecular weight excluding hydrogens is 254 g/mol. The molecule has 0 aromatic heterocycles. The van der Waals surface area contributed by atoms with Crippen LogP contribution in [0.2, 0.25) is 0 Å². The lowest BCUT2D eigenvalue weighted by Gasteiger charge is -2.20. The lowest BCUT2D eigenvalue weighted by atomic mass is 10.1. The molecule has 0 aliphatic rings. The van der Waals surface area contributed by atoms with E-state index in [0.29, 0.717) is 0 Å². The molecule has 21 heavy (non-hydrogen) atoms. The Hall–Kier alpha value is -0.0400. The van der Waals surface area contributed by atoms with E-state index in [1.807, 2.05) is 0 Å². The Kier molecular flexibility index (Phi) is 18.0. The van der Waals surface area contributed by atoms with E-state index in [1.54, 1.807) is 0 Å². The first kappa shape index (κ1) is 21.0. The third-order valence-electron chi connectivity index (χ3n) is 4.41. The standard InChI is InChI=1S/C20H43N.H2/c1-4-7-8-9-10-11-12-13-14-15-16-17-20-21(18-5-2)19-6-3;/h4-20H2,1-3H3;1H. The zero-order chi connectivity index (χ0) is 15.6. The second-order valence-corrected chi connectivity index (χ2v) is 6.73. The third-order valence-corrected chi connectivity index (χ3v) is 4.41. The fourth-order valence-corrected chi connectivity index (χ4v) is 3.14. The number of nitrogens with zero attached hydrogens (tertiary/aromatic N) is 1. The first-order chi connectivity index (χ1) is 10.3. The van der Waals surface area contributed by atoms with E-state index in [4.69, 9.17) is 0 Å². The van der Waals surface area contributed by atoms with E-state index in [0.717, 1.165) is 0 Å². The van der Waals surface area contributed by atoms with Crippen molar-refractivity contribution in [2.75, 3.05) is 19.6 Å². The Bertz CT molecular complexity index is 179. The molecule has 0 bridgehead atoms. The molecule has 0 rings (SSSR count). The molecule has 0 unspecified atom stereocenters. The number of unbranched alkanes of at least 4 members (excludes halogenated alkanes) is 11. The van der Waals surface area contributed by atoms with Crippen molar-refractivity contribution in [1.29, 1.82) is 0 Å². The minimum absolute atomic E-state index is 0. The van der Waals surface area contributed by atoms with Gasteiger partial charge in [-0.15, -0.1) is 0 Å². The zero-order valence-electron chi connectivity index (χ0n) is 15.5. The number of hydrogen-bond donors (Lipinski definition) is 0. The van der Waals surface area contributed by atoms with Crippen molar-refractivity contribution in [3.8, 4) is 0 Å². The van der Waals surface area contributed by atoms with Gasteiger partial charge in [-0.2, -0.15) is 0 Å². The molecule has 1 nitrogen and oxygen atoms in total. The summed E-state index contributed by atoms with van der Waals surface area (Å²) in [7, 11) is 0. The van der Waals surface area contributed by atoms with E-state index in [2.05, 4.69) is 25.7 Å². The molecule has 0 saturated carbocycles. The van der Waals surface area contributed by atoms with Gasteiger partial charge in [0.15, 0.2) is 0 Å². The Balaban J connectivity index is 0. The Morgan fingerprint density at radius 2 is 0.810 bits per heavy atom. The van der Waals surface area contributed by atoms with Crippen molar-refractivity contribution < 1.29 is 1.43 Å². The zero-order valence-corrected chi connectivity index (χ0v) is 15.5. The lowest BCUT2D eigenvalue weighted by molar-refractivity contribution is 0.267. The van der Waals surface area contributed by atoms with Crippen LogP contribution < -0.4 is 0 Å². The Morgan fingerprint density at radius 1 is 0.429 bits per heavy atom. The summed E-state index contributed by atoms with van der Waals surface area (Å²) in [6.07, 6.45) is 20.0. The van der Waals surface area contributed by atoms with Crippen molar-refractivity contribution in [1.82, 2.24) is 4.90 Å². The average molecular weight is 300 g/mol. The van der Waals surface area contributed by atoms with Crippen LogP contribution in [0.25, 0.3) is 0 Å². The minimum Gasteiger partial charge on any atom is -0.303 e. The number of rotatable bonds is 17. The summed E-state index contributed by atoms with van der Waals surface area (Å²) in [5, 5.41) is 0. The van der Waals surface area contributed by atoms with Crippen molar-refractivity contribution in [2.45, 2.75) is 111 Å². The van der Waals surface area contributed by atoms with Crippen LogP contribution in [0.4, 0.5) is 0 Å². The molecule has 0 aliphatic heterocycles. The van der Waals surface area contributed by atoms with Crippen LogP contribution in [0.15, 0.2) is 0 Å². The van der Waals surface area contributed by atoms with Gasteiger partial charge < -0.3 is 4.90 Å². The van der Waals surface area contributed by atoms with Gasteiger partial charge in [-0.25, -0.2) is 0 Å². The smallest absolute Gasteiger partial charge is 0 e. The first-order valence-corrected chi connectivity index (χ1v) is 10.1. The fourth-order valence-electron chi connectivity index (χ4n) is 3.14. The highest BCUT2D eigenvalue weighted by molar-refractivity contribution is 4.57. The van der Waals surface area contributed by atoms with Gasteiger partial charge in [0.1, 0.15) is 0 Å². The quantitative estimate of drug-likeness (QED) is 0.260. The molecule has 0 radical (unpaired) electrons. The van der Waals surface area contributed by atoms with Crippen molar-refractivity contribution in [3.05, 3.63) is 0 Å². The molecule has 0 heterocycles. The molecular formula is C20H45N. The Labute approximate surface area is 137 Å². The van der Waals surface area contributed by atoms with Gasteiger partial charge in [-0.05, 0) is 38.9 Å². The van der Waals surface area contributed by atoms with E-state index in [9.17, 15) is 0 Å². The van der Waals surface area contributed by atoms with E-state index >= 15 is 0 Å². The Morgan fingerprint density at radius 3 is 1.19 bits per heavy atom. The lowest BCUT2D eigenvalue weighted by Crippen LogP contribution is -2.26. The van der Waals surface area contributed by atoms with Crippen LogP contribution in [-0.4, -0.2) is 24.5 Å². The molecule has 130 valence electrons. The maximum absolute atomic E-state index is 2.65. The van der Waals surface area contributed by atoms with Crippen LogP contribution in [-0.2, 0) is 0 Å². The van der Waals surface area contributed by atoms with Crippen molar-refractivity contribution in [2.24, 2.45) is 0 Å². The molecule has 0 spiro atoms. The molecule has 0 fully saturated rings. The number of hydrogen-bond acceptors (Lipinski definition) is 1. The molecule has 0 saturated heterocycles. The summed E-state index contributed by atoms with van der Waals surface area (Å²) in [6, 6.07) is 0. The third kappa shape index (κ3) is 16.2. The van der Waals surface area contributed by atoms with E-state index < -0.39 is 0 Å². The molecule has 0 atom stereocenters. The first-order valence-electron chi connectivity index (χ1n) is 10.1.